The number of carbonyl (C=O) groups excluding carboxylic acids is 1. The van der Waals surface area contributed by atoms with Crippen LogP contribution < -0.4 is 10.1 Å². The summed E-state index contributed by atoms with van der Waals surface area (Å²) in [6, 6.07) is 7.78. The molecule has 2 N–H and O–H groups in total. The number of ether oxygens (including phenoxy) is 1. The third-order valence-electron chi connectivity index (χ3n) is 3.09. The number of benzene rings is 1. The summed E-state index contributed by atoms with van der Waals surface area (Å²) in [4.78, 5) is 11.8. The lowest BCUT2D eigenvalue weighted by Crippen LogP contribution is -2.36. The average molecular weight is 279 g/mol. The number of hydrogen-bond donors (Lipinski definition) is 2. The summed E-state index contributed by atoms with van der Waals surface area (Å²) in [5.74, 6) is 0.844. The van der Waals surface area contributed by atoms with Crippen LogP contribution in [0.2, 0.25) is 0 Å². The van der Waals surface area contributed by atoms with E-state index >= 15 is 0 Å². The molecule has 0 aromatic heterocycles. The first kappa shape index (κ1) is 16.5. The Bertz CT molecular complexity index is 429. The van der Waals surface area contributed by atoms with E-state index in [0.717, 1.165) is 11.3 Å². The van der Waals surface area contributed by atoms with Crippen LogP contribution in [0, 0.1) is 5.41 Å². The summed E-state index contributed by atoms with van der Waals surface area (Å²) in [5.41, 5.74) is 0.768. The molecule has 0 fully saturated rings. The number of para-hydroxylation sites is 1. The molecule has 1 amide bonds. The molecule has 0 aliphatic rings. The van der Waals surface area contributed by atoms with Crippen LogP contribution in [0.3, 0.4) is 0 Å². The van der Waals surface area contributed by atoms with Crippen molar-refractivity contribution in [3.05, 3.63) is 29.8 Å². The molecule has 0 spiro atoms. The lowest BCUT2D eigenvalue weighted by Gasteiger charge is -2.21. The Labute approximate surface area is 121 Å². The quantitative estimate of drug-likeness (QED) is 0.766. The Kier molecular flexibility index (Phi) is 6.52. The molecule has 0 atom stereocenters. The van der Waals surface area contributed by atoms with Crippen molar-refractivity contribution in [3.63, 3.8) is 0 Å². The van der Waals surface area contributed by atoms with Gasteiger partial charge in [-0.1, -0.05) is 32.0 Å². The zero-order valence-corrected chi connectivity index (χ0v) is 12.6. The molecule has 0 unspecified atom stereocenters. The number of aliphatic hydroxyl groups excluding tert-OH is 1. The number of nitrogens with one attached hydrogen (secondary N) is 1. The van der Waals surface area contributed by atoms with E-state index < -0.39 is 0 Å². The number of hydrogen-bond acceptors (Lipinski definition) is 3. The standard InChI is InChI=1S/C16H25NO3/c1-4-20-14-8-6-5-7-13(14)9-10-15(19)17-11-16(2,3)12-18/h5-8,18H,4,9-12H2,1-3H3,(H,17,19). The number of amides is 1. The van der Waals surface area contributed by atoms with Crippen LogP contribution >= 0.6 is 0 Å². The van der Waals surface area contributed by atoms with E-state index in [1.165, 1.54) is 0 Å². The lowest BCUT2D eigenvalue weighted by molar-refractivity contribution is -0.121. The summed E-state index contributed by atoms with van der Waals surface area (Å²) in [6.45, 7) is 6.93. The number of rotatable bonds is 8. The Balaban J connectivity index is 2.45. The fourth-order valence-corrected chi connectivity index (χ4v) is 1.74. The van der Waals surface area contributed by atoms with Crippen LogP contribution in [0.4, 0.5) is 0 Å². The maximum Gasteiger partial charge on any atom is 0.220 e. The minimum absolute atomic E-state index is 0.00201. The second-order valence-electron chi connectivity index (χ2n) is 5.64. The van der Waals surface area contributed by atoms with Gasteiger partial charge in [-0.3, -0.25) is 4.79 Å². The van der Waals surface area contributed by atoms with Crippen molar-refractivity contribution in [1.29, 1.82) is 0 Å². The van der Waals surface area contributed by atoms with Gasteiger partial charge in [0.25, 0.3) is 0 Å². The molecule has 20 heavy (non-hydrogen) atoms. The molecule has 0 aliphatic carbocycles. The molecule has 0 heterocycles. The molecular weight excluding hydrogens is 254 g/mol. The van der Waals surface area contributed by atoms with Gasteiger partial charge in [-0.15, -0.1) is 0 Å². The first-order chi connectivity index (χ1) is 9.48. The summed E-state index contributed by atoms with van der Waals surface area (Å²) in [7, 11) is 0. The molecule has 1 aromatic carbocycles. The summed E-state index contributed by atoms with van der Waals surface area (Å²) in [5, 5.41) is 12.0. The smallest absolute Gasteiger partial charge is 0.220 e. The zero-order valence-electron chi connectivity index (χ0n) is 12.6. The van der Waals surface area contributed by atoms with Gasteiger partial charge in [0.05, 0.1) is 6.61 Å². The molecule has 112 valence electrons. The van der Waals surface area contributed by atoms with Gasteiger partial charge in [0.15, 0.2) is 0 Å². The van der Waals surface area contributed by atoms with Gasteiger partial charge in [0.2, 0.25) is 5.91 Å². The first-order valence-corrected chi connectivity index (χ1v) is 7.07. The highest BCUT2D eigenvalue weighted by Gasteiger charge is 2.17. The van der Waals surface area contributed by atoms with Gasteiger partial charge < -0.3 is 15.2 Å². The number of carbonyl (C=O) groups is 1. The van der Waals surface area contributed by atoms with Crippen molar-refractivity contribution in [1.82, 2.24) is 5.32 Å². The van der Waals surface area contributed by atoms with Gasteiger partial charge in [0, 0.05) is 25.0 Å². The molecule has 0 aliphatic heterocycles. The third-order valence-corrected chi connectivity index (χ3v) is 3.09. The minimum atomic E-state index is -0.279. The molecule has 0 bridgehead atoms. The fourth-order valence-electron chi connectivity index (χ4n) is 1.74. The predicted molar refractivity (Wildman–Crippen MR) is 79.8 cm³/mol. The molecule has 0 saturated heterocycles. The van der Waals surface area contributed by atoms with E-state index in [9.17, 15) is 4.79 Å². The highest BCUT2D eigenvalue weighted by molar-refractivity contribution is 5.76. The fraction of sp³-hybridized carbons (Fsp3) is 0.562. The Morgan fingerprint density at radius 1 is 1.35 bits per heavy atom. The molecular formula is C16H25NO3. The van der Waals surface area contributed by atoms with Gasteiger partial charge in [0.1, 0.15) is 5.75 Å². The second kappa shape index (κ2) is 7.90. The van der Waals surface area contributed by atoms with Gasteiger partial charge in [-0.05, 0) is 25.0 Å². The molecule has 4 nitrogen and oxygen atoms in total. The van der Waals surface area contributed by atoms with Crippen molar-refractivity contribution in [3.8, 4) is 5.75 Å². The van der Waals surface area contributed by atoms with Crippen molar-refractivity contribution >= 4 is 5.91 Å². The van der Waals surface area contributed by atoms with E-state index in [0.29, 0.717) is 26.0 Å². The Hall–Kier alpha value is -1.55. The van der Waals surface area contributed by atoms with E-state index in [2.05, 4.69) is 5.32 Å². The molecule has 0 radical (unpaired) electrons. The van der Waals surface area contributed by atoms with E-state index in [1.54, 1.807) is 0 Å². The minimum Gasteiger partial charge on any atom is -0.494 e. The summed E-state index contributed by atoms with van der Waals surface area (Å²) >= 11 is 0. The topological polar surface area (TPSA) is 58.6 Å². The number of aliphatic hydroxyl groups is 1. The lowest BCUT2D eigenvalue weighted by atomic mass is 9.95. The first-order valence-electron chi connectivity index (χ1n) is 7.07. The molecule has 1 aromatic rings. The van der Waals surface area contributed by atoms with Crippen LogP contribution in [0.1, 0.15) is 32.8 Å². The van der Waals surface area contributed by atoms with Crippen molar-refractivity contribution in [2.45, 2.75) is 33.6 Å². The van der Waals surface area contributed by atoms with Crippen molar-refractivity contribution in [2.24, 2.45) is 5.41 Å². The maximum absolute atomic E-state index is 11.8. The Morgan fingerprint density at radius 3 is 2.70 bits per heavy atom. The number of aryl methyl sites for hydroxylation is 1. The van der Waals surface area contributed by atoms with Gasteiger partial charge >= 0.3 is 0 Å². The predicted octanol–water partition coefficient (Wildman–Crippen LogP) is 2.15. The van der Waals surface area contributed by atoms with Crippen LogP contribution in [0.5, 0.6) is 5.75 Å². The van der Waals surface area contributed by atoms with Crippen LogP contribution in [0.25, 0.3) is 0 Å². The van der Waals surface area contributed by atoms with Gasteiger partial charge in [-0.2, -0.15) is 0 Å². The van der Waals surface area contributed by atoms with E-state index in [4.69, 9.17) is 9.84 Å². The third kappa shape index (κ3) is 5.61. The van der Waals surface area contributed by atoms with Gasteiger partial charge in [-0.25, -0.2) is 0 Å². The van der Waals surface area contributed by atoms with E-state index in [1.807, 2.05) is 45.0 Å². The van der Waals surface area contributed by atoms with Crippen molar-refractivity contribution < 1.29 is 14.6 Å². The monoisotopic (exact) mass is 279 g/mol. The zero-order chi connectivity index (χ0) is 15.0. The second-order valence-corrected chi connectivity index (χ2v) is 5.64. The molecule has 1 rings (SSSR count). The normalized spacial score (nSPS) is 11.2. The molecule has 0 saturated carbocycles. The van der Waals surface area contributed by atoms with Crippen LogP contribution in [-0.4, -0.2) is 30.8 Å². The van der Waals surface area contributed by atoms with Crippen molar-refractivity contribution in [2.75, 3.05) is 19.8 Å². The van der Waals surface area contributed by atoms with Crippen LogP contribution in [-0.2, 0) is 11.2 Å². The SMILES string of the molecule is CCOc1ccccc1CCC(=O)NCC(C)(C)CO. The average Bonchev–Trinajstić information content (AvgIpc) is 2.44. The Morgan fingerprint density at radius 2 is 2.05 bits per heavy atom. The highest BCUT2D eigenvalue weighted by atomic mass is 16.5. The summed E-state index contributed by atoms with van der Waals surface area (Å²) < 4.78 is 5.54. The highest BCUT2D eigenvalue weighted by Crippen LogP contribution is 2.19. The van der Waals surface area contributed by atoms with E-state index in [-0.39, 0.29) is 17.9 Å². The molecule has 4 heteroatoms. The summed E-state index contributed by atoms with van der Waals surface area (Å²) in [6.07, 6.45) is 1.08. The maximum atomic E-state index is 11.8. The largest absolute Gasteiger partial charge is 0.494 e. The van der Waals surface area contributed by atoms with Crippen LogP contribution in [0.15, 0.2) is 24.3 Å².